The molecule has 4 aliphatic rings. The number of carbonyl (C=O) groups is 1. The maximum absolute atomic E-state index is 12.9. The van der Waals surface area contributed by atoms with E-state index in [1.807, 2.05) is 19.1 Å². The Morgan fingerprint density at radius 3 is 2.57 bits per heavy atom. The summed E-state index contributed by atoms with van der Waals surface area (Å²) >= 11 is 0. The Morgan fingerprint density at radius 1 is 1.11 bits per heavy atom. The summed E-state index contributed by atoms with van der Waals surface area (Å²) in [7, 11) is 0. The van der Waals surface area contributed by atoms with Gasteiger partial charge in [-0.05, 0) is 69.4 Å². The number of nitrogens with zero attached hydrogens (tertiary/aromatic N) is 3. The SMILES string of the molecule is Cc1cncc(C(=O)NC23CC4CC(CC(C#Cc5ccncc5)(C4)C2)C3)n1. The minimum absolute atomic E-state index is 0.0128. The van der Waals surface area contributed by atoms with E-state index in [2.05, 4.69) is 32.1 Å². The van der Waals surface area contributed by atoms with Gasteiger partial charge in [0.1, 0.15) is 5.69 Å². The molecule has 0 saturated heterocycles. The predicted octanol–water partition coefficient (Wildman–Crippen LogP) is 3.30. The van der Waals surface area contributed by atoms with Gasteiger partial charge in [0.15, 0.2) is 0 Å². The smallest absolute Gasteiger partial charge is 0.271 e. The monoisotopic (exact) mass is 372 g/mol. The van der Waals surface area contributed by atoms with Gasteiger partial charge in [-0.15, -0.1) is 0 Å². The fourth-order valence-electron chi connectivity index (χ4n) is 6.07. The molecule has 2 aromatic rings. The van der Waals surface area contributed by atoms with Crippen LogP contribution in [0.4, 0.5) is 0 Å². The molecule has 5 heteroatoms. The topological polar surface area (TPSA) is 67.8 Å². The van der Waals surface area contributed by atoms with E-state index >= 15 is 0 Å². The van der Waals surface area contributed by atoms with Crippen molar-refractivity contribution < 1.29 is 4.79 Å². The van der Waals surface area contributed by atoms with Gasteiger partial charge in [-0.25, -0.2) is 4.98 Å². The first-order chi connectivity index (χ1) is 13.5. The van der Waals surface area contributed by atoms with E-state index in [0.29, 0.717) is 17.5 Å². The molecule has 4 aliphatic carbocycles. The minimum Gasteiger partial charge on any atom is -0.345 e. The molecule has 1 amide bonds. The number of aromatic nitrogens is 3. The normalized spacial score (nSPS) is 32.5. The van der Waals surface area contributed by atoms with Crippen LogP contribution < -0.4 is 5.32 Å². The van der Waals surface area contributed by atoms with Crippen LogP contribution in [0.5, 0.6) is 0 Å². The molecule has 4 fully saturated rings. The molecule has 1 N–H and O–H groups in total. The third-order valence-electron chi connectivity index (χ3n) is 6.58. The van der Waals surface area contributed by atoms with Crippen LogP contribution in [0, 0.1) is 36.0 Å². The Morgan fingerprint density at radius 2 is 1.86 bits per heavy atom. The Hall–Kier alpha value is -2.74. The summed E-state index contributed by atoms with van der Waals surface area (Å²) in [6.45, 7) is 1.86. The van der Waals surface area contributed by atoms with Crippen LogP contribution >= 0.6 is 0 Å². The zero-order chi connectivity index (χ0) is 19.2. The molecule has 4 bridgehead atoms. The minimum atomic E-state index is -0.153. The predicted molar refractivity (Wildman–Crippen MR) is 105 cm³/mol. The molecule has 142 valence electrons. The second-order valence-corrected chi connectivity index (χ2v) is 9.01. The Kier molecular flexibility index (Phi) is 3.97. The van der Waals surface area contributed by atoms with E-state index in [9.17, 15) is 4.79 Å². The van der Waals surface area contributed by atoms with Crippen molar-refractivity contribution in [3.05, 3.63) is 53.9 Å². The number of amides is 1. The first-order valence-corrected chi connectivity index (χ1v) is 10.1. The third-order valence-corrected chi connectivity index (χ3v) is 6.58. The lowest BCUT2D eigenvalue weighted by molar-refractivity contribution is -0.0484. The summed E-state index contributed by atoms with van der Waals surface area (Å²) < 4.78 is 0. The second-order valence-electron chi connectivity index (χ2n) is 9.01. The van der Waals surface area contributed by atoms with E-state index in [-0.39, 0.29) is 16.9 Å². The zero-order valence-corrected chi connectivity index (χ0v) is 16.1. The Labute approximate surface area is 165 Å². The number of carbonyl (C=O) groups excluding carboxylic acids is 1. The highest BCUT2D eigenvalue weighted by Gasteiger charge is 2.57. The largest absolute Gasteiger partial charge is 0.345 e. The molecule has 6 rings (SSSR count). The van der Waals surface area contributed by atoms with Crippen molar-refractivity contribution in [1.82, 2.24) is 20.3 Å². The first kappa shape index (κ1) is 17.4. The maximum Gasteiger partial charge on any atom is 0.271 e. The molecule has 0 spiro atoms. The van der Waals surface area contributed by atoms with Crippen molar-refractivity contribution in [3.8, 4) is 11.8 Å². The average Bonchev–Trinajstić information content (AvgIpc) is 2.66. The quantitative estimate of drug-likeness (QED) is 0.822. The van der Waals surface area contributed by atoms with Crippen LogP contribution in [0.15, 0.2) is 36.9 Å². The van der Waals surface area contributed by atoms with E-state index in [0.717, 1.165) is 43.4 Å². The van der Waals surface area contributed by atoms with Crippen LogP contribution in [0.2, 0.25) is 0 Å². The average molecular weight is 372 g/mol. The standard InChI is InChI=1S/C23H24N4O/c1-16-13-25-14-20(26-16)21(28)27-23-11-18-8-19(12-23)10-22(9-18,15-23)5-2-17-3-6-24-7-4-17/h3-4,6-7,13-14,18-19H,8-12,15H2,1H3,(H,27,28). The number of rotatable bonds is 2. The molecule has 2 atom stereocenters. The van der Waals surface area contributed by atoms with Crippen LogP contribution in [-0.4, -0.2) is 26.4 Å². The maximum atomic E-state index is 12.9. The van der Waals surface area contributed by atoms with Crippen molar-refractivity contribution in [1.29, 1.82) is 0 Å². The molecule has 28 heavy (non-hydrogen) atoms. The molecule has 2 heterocycles. The number of hydrogen-bond acceptors (Lipinski definition) is 4. The van der Waals surface area contributed by atoms with Gasteiger partial charge in [0.05, 0.1) is 11.9 Å². The third kappa shape index (κ3) is 3.17. The van der Waals surface area contributed by atoms with Crippen molar-refractivity contribution >= 4 is 5.91 Å². The van der Waals surface area contributed by atoms with E-state index < -0.39 is 0 Å². The van der Waals surface area contributed by atoms with E-state index in [1.54, 1.807) is 24.8 Å². The number of pyridine rings is 1. The highest BCUT2D eigenvalue weighted by molar-refractivity contribution is 5.92. The number of aryl methyl sites for hydroxylation is 1. The molecular formula is C23H24N4O. The summed E-state index contributed by atoms with van der Waals surface area (Å²) in [5.41, 5.74) is 2.04. The lowest BCUT2D eigenvalue weighted by atomic mass is 9.47. The summed E-state index contributed by atoms with van der Waals surface area (Å²) in [5, 5.41) is 3.37. The van der Waals surface area contributed by atoms with Gasteiger partial charge in [-0.1, -0.05) is 11.8 Å². The van der Waals surface area contributed by atoms with Crippen LogP contribution in [0.1, 0.15) is 60.3 Å². The molecule has 4 saturated carbocycles. The van der Waals surface area contributed by atoms with Gasteiger partial charge >= 0.3 is 0 Å². The van der Waals surface area contributed by atoms with E-state index in [1.165, 1.54) is 6.42 Å². The summed E-state index contributed by atoms with van der Waals surface area (Å²) in [6.07, 6.45) is 13.5. The van der Waals surface area contributed by atoms with Crippen molar-refractivity contribution in [3.63, 3.8) is 0 Å². The second kappa shape index (κ2) is 6.41. The molecule has 0 aromatic carbocycles. The highest BCUT2D eigenvalue weighted by Crippen LogP contribution is 2.61. The lowest BCUT2D eigenvalue weighted by Crippen LogP contribution is -2.63. The fraction of sp³-hybridized carbons (Fsp3) is 0.478. The zero-order valence-electron chi connectivity index (χ0n) is 16.1. The van der Waals surface area contributed by atoms with Gasteiger partial charge in [-0.2, -0.15) is 0 Å². The van der Waals surface area contributed by atoms with Crippen molar-refractivity contribution in [2.75, 3.05) is 0 Å². The summed E-state index contributed by atoms with van der Waals surface area (Å²) in [6, 6.07) is 3.92. The highest BCUT2D eigenvalue weighted by atomic mass is 16.2. The van der Waals surface area contributed by atoms with Crippen LogP contribution in [-0.2, 0) is 0 Å². The number of hydrogen-bond donors (Lipinski definition) is 1. The molecule has 2 aromatic heterocycles. The van der Waals surface area contributed by atoms with Gasteiger partial charge in [0.25, 0.3) is 5.91 Å². The molecule has 5 nitrogen and oxygen atoms in total. The fourth-order valence-corrected chi connectivity index (χ4v) is 6.07. The molecular weight excluding hydrogens is 348 g/mol. The van der Waals surface area contributed by atoms with E-state index in [4.69, 9.17) is 0 Å². The van der Waals surface area contributed by atoms with Crippen LogP contribution in [0.25, 0.3) is 0 Å². The van der Waals surface area contributed by atoms with Gasteiger partial charge in [-0.3, -0.25) is 14.8 Å². The van der Waals surface area contributed by atoms with Gasteiger partial charge in [0.2, 0.25) is 0 Å². The first-order valence-electron chi connectivity index (χ1n) is 10.1. The van der Waals surface area contributed by atoms with Crippen LogP contribution in [0.3, 0.4) is 0 Å². The summed E-state index contributed by atoms with van der Waals surface area (Å²) in [4.78, 5) is 25.5. The van der Waals surface area contributed by atoms with Gasteiger partial charge < -0.3 is 5.32 Å². The Bertz CT molecular complexity index is 961. The molecule has 0 radical (unpaired) electrons. The Balaban J connectivity index is 1.42. The molecule has 0 aliphatic heterocycles. The lowest BCUT2D eigenvalue weighted by Gasteiger charge is -2.60. The number of nitrogens with one attached hydrogen (secondary N) is 1. The summed E-state index contributed by atoms with van der Waals surface area (Å²) in [5.74, 6) is 8.22. The van der Waals surface area contributed by atoms with Crippen molar-refractivity contribution in [2.24, 2.45) is 17.3 Å². The van der Waals surface area contributed by atoms with Crippen molar-refractivity contribution in [2.45, 2.75) is 51.0 Å². The molecule has 2 unspecified atom stereocenters. The van der Waals surface area contributed by atoms with Gasteiger partial charge in [0, 0.05) is 35.1 Å².